The Morgan fingerprint density at radius 2 is 2.42 bits per heavy atom. The van der Waals surface area contributed by atoms with Gasteiger partial charge in [-0.05, 0) is 6.07 Å². The quantitative estimate of drug-likeness (QED) is 0.786. The molecule has 0 saturated heterocycles. The molecule has 0 amide bonds. The van der Waals surface area contributed by atoms with E-state index in [4.69, 9.17) is 21.8 Å². The van der Waals surface area contributed by atoms with Crippen LogP contribution in [0.1, 0.15) is 4.88 Å². The summed E-state index contributed by atoms with van der Waals surface area (Å²) in [5.41, 5.74) is 0. The summed E-state index contributed by atoms with van der Waals surface area (Å²) in [5, 5.41) is 19.6. The average molecular weight is 207 g/mol. The van der Waals surface area contributed by atoms with Gasteiger partial charge in [0.2, 0.25) is 0 Å². The SMILES string of the molecule is O=C(O)C(O)Cc1cc(Cl)cs1. The number of aliphatic hydroxyl groups is 1. The van der Waals surface area contributed by atoms with Gasteiger partial charge in [0.15, 0.2) is 6.10 Å². The second-order valence-electron chi connectivity index (χ2n) is 2.29. The molecular formula is C7H7ClO3S. The van der Waals surface area contributed by atoms with Crippen LogP contribution in [0.5, 0.6) is 0 Å². The van der Waals surface area contributed by atoms with Gasteiger partial charge in [0.1, 0.15) is 0 Å². The van der Waals surface area contributed by atoms with Crippen molar-refractivity contribution < 1.29 is 15.0 Å². The van der Waals surface area contributed by atoms with Gasteiger partial charge in [-0.25, -0.2) is 4.79 Å². The molecule has 1 unspecified atom stereocenters. The molecule has 5 heteroatoms. The van der Waals surface area contributed by atoms with Crippen molar-refractivity contribution in [2.45, 2.75) is 12.5 Å². The molecule has 0 spiro atoms. The molecule has 1 aromatic rings. The first-order chi connectivity index (χ1) is 5.59. The van der Waals surface area contributed by atoms with Crippen LogP contribution >= 0.6 is 22.9 Å². The van der Waals surface area contributed by atoms with Crippen molar-refractivity contribution >= 4 is 28.9 Å². The van der Waals surface area contributed by atoms with Gasteiger partial charge < -0.3 is 10.2 Å². The molecule has 12 heavy (non-hydrogen) atoms. The minimum atomic E-state index is -1.33. The summed E-state index contributed by atoms with van der Waals surface area (Å²) in [5.74, 6) is -1.21. The Morgan fingerprint density at radius 3 is 2.83 bits per heavy atom. The summed E-state index contributed by atoms with van der Waals surface area (Å²) in [6.07, 6.45) is -1.22. The van der Waals surface area contributed by atoms with Crippen molar-refractivity contribution in [3.63, 3.8) is 0 Å². The summed E-state index contributed by atoms with van der Waals surface area (Å²) in [6.45, 7) is 0. The maximum Gasteiger partial charge on any atom is 0.332 e. The number of halogens is 1. The first-order valence-electron chi connectivity index (χ1n) is 3.23. The number of aliphatic carboxylic acids is 1. The number of carboxylic acids is 1. The number of aliphatic hydroxyl groups excluding tert-OH is 1. The Morgan fingerprint density at radius 1 is 1.75 bits per heavy atom. The van der Waals surface area contributed by atoms with Crippen molar-refractivity contribution in [3.8, 4) is 0 Å². The van der Waals surface area contributed by atoms with E-state index < -0.39 is 12.1 Å². The number of carboxylic acid groups (broad SMARTS) is 1. The molecule has 0 fully saturated rings. The van der Waals surface area contributed by atoms with Crippen molar-refractivity contribution in [1.82, 2.24) is 0 Å². The van der Waals surface area contributed by atoms with Crippen LogP contribution in [0.15, 0.2) is 11.4 Å². The Hall–Kier alpha value is -0.580. The highest BCUT2D eigenvalue weighted by molar-refractivity contribution is 7.10. The van der Waals surface area contributed by atoms with Crippen LogP contribution in [0.2, 0.25) is 5.02 Å². The summed E-state index contributed by atoms with van der Waals surface area (Å²) >= 11 is 6.94. The topological polar surface area (TPSA) is 57.5 Å². The minimum Gasteiger partial charge on any atom is -0.479 e. The van der Waals surface area contributed by atoms with Crippen LogP contribution in [0, 0.1) is 0 Å². The molecule has 0 aliphatic rings. The number of hydrogen-bond acceptors (Lipinski definition) is 3. The molecule has 0 aliphatic heterocycles. The molecule has 0 aromatic carbocycles. The van der Waals surface area contributed by atoms with Gasteiger partial charge in [0, 0.05) is 16.7 Å². The van der Waals surface area contributed by atoms with Crippen molar-refractivity contribution in [2.24, 2.45) is 0 Å². The van der Waals surface area contributed by atoms with E-state index >= 15 is 0 Å². The maximum atomic E-state index is 10.2. The number of rotatable bonds is 3. The summed E-state index contributed by atoms with van der Waals surface area (Å²) in [7, 11) is 0. The zero-order valence-electron chi connectivity index (χ0n) is 6.03. The van der Waals surface area contributed by atoms with E-state index in [1.807, 2.05) is 0 Å². The standard InChI is InChI=1S/C7H7ClO3S/c8-4-1-5(12-3-4)2-6(9)7(10)11/h1,3,6,9H,2H2,(H,10,11). The third-order valence-corrected chi connectivity index (χ3v) is 2.61. The van der Waals surface area contributed by atoms with Crippen LogP contribution < -0.4 is 0 Å². The summed E-state index contributed by atoms with van der Waals surface area (Å²) in [6, 6.07) is 1.65. The van der Waals surface area contributed by atoms with Gasteiger partial charge in [-0.3, -0.25) is 0 Å². The first kappa shape index (κ1) is 9.51. The van der Waals surface area contributed by atoms with Crippen LogP contribution in [-0.2, 0) is 11.2 Å². The highest BCUT2D eigenvalue weighted by Crippen LogP contribution is 2.20. The smallest absolute Gasteiger partial charge is 0.332 e. The van der Waals surface area contributed by atoms with E-state index in [0.717, 1.165) is 4.88 Å². The zero-order chi connectivity index (χ0) is 9.14. The molecule has 3 nitrogen and oxygen atoms in total. The molecule has 1 aromatic heterocycles. The van der Waals surface area contributed by atoms with Crippen LogP contribution in [0.3, 0.4) is 0 Å². The predicted octanol–water partition coefficient (Wildman–Crippen LogP) is 1.39. The lowest BCUT2D eigenvalue weighted by Gasteiger charge is -2.01. The largest absolute Gasteiger partial charge is 0.479 e. The van der Waals surface area contributed by atoms with E-state index in [0.29, 0.717) is 5.02 Å². The van der Waals surface area contributed by atoms with E-state index in [1.54, 1.807) is 11.4 Å². The maximum absolute atomic E-state index is 10.2. The highest BCUT2D eigenvalue weighted by Gasteiger charge is 2.14. The van der Waals surface area contributed by atoms with Crippen molar-refractivity contribution in [1.29, 1.82) is 0 Å². The van der Waals surface area contributed by atoms with Gasteiger partial charge in [-0.1, -0.05) is 11.6 Å². The normalized spacial score (nSPS) is 12.8. The Bertz CT molecular complexity index is 284. The van der Waals surface area contributed by atoms with E-state index in [9.17, 15) is 4.79 Å². The highest BCUT2D eigenvalue weighted by atomic mass is 35.5. The molecule has 2 N–H and O–H groups in total. The predicted molar refractivity (Wildman–Crippen MR) is 46.7 cm³/mol. The number of thiophene rings is 1. The third kappa shape index (κ3) is 2.48. The van der Waals surface area contributed by atoms with Crippen LogP contribution in [0.25, 0.3) is 0 Å². The third-order valence-electron chi connectivity index (χ3n) is 1.30. The molecule has 1 atom stereocenters. The van der Waals surface area contributed by atoms with Gasteiger partial charge in [-0.15, -0.1) is 11.3 Å². The second kappa shape index (κ2) is 3.89. The van der Waals surface area contributed by atoms with Gasteiger partial charge in [-0.2, -0.15) is 0 Å². The van der Waals surface area contributed by atoms with E-state index in [-0.39, 0.29) is 6.42 Å². The van der Waals surface area contributed by atoms with Gasteiger partial charge in [0.25, 0.3) is 0 Å². The van der Waals surface area contributed by atoms with Crippen LogP contribution in [0.4, 0.5) is 0 Å². The molecule has 1 rings (SSSR count). The van der Waals surface area contributed by atoms with E-state index in [1.165, 1.54) is 11.3 Å². The fourth-order valence-corrected chi connectivity index (χ4v) is 1.85. The van der Waals surface area contributed by atoms with Crippen LogP contribution in [-0.4, -0.2) is 22.3 Å². The molecule has 0 aliphatic carbocycles. The Balaban J connectivity index is 2.58. The minimum absolute atomic E-state index is 0.118. The molecule has 1 heterocycles. The van der Waals surface area contributed by atoms with Crippen molar-refractivity contribution in [2.75, 3.05) is 0 Å². The second-order valence-corrected chi connectivity index (χ2v) is 3.72. The molecule has 66 valence electrons. The molecule has 0 saturated carbocycles. The zero-order valence-corrected chi connectivity index (χ0v) is 7.60. The lowest BCUT2D eigenvalue weighted by molar-refractivity contribution is -0.146. The number of hydrogen-bond donors (Lipinski definition) is 2. The summed E-state index contributed by atoms with van der Waals surface area (Å²) in [4.78, 5) is 11.0. The summed E-state index contributed by atoms with van der Waals surface area (Å²) < 4.78 is 0. The van der Waals surface area contributed by atoms with E-state index in [2.05, 4.69) is 0 Å². The Labute approximate surface area is 78.2 Å². The monoisotopic (exact) mass is 206 g/mol. The average Bonchev–Trinajstić information content (AvgIpc) is 2.35. The lowest BCUT2D eigenvalue weighted by atomic mass is 10.2. The Kier molecular flexibility index (Phi) is 3.08. The van der Waals surface area contributed by atoms with Gasteiger partial charge in [0.05, 0.1) is 5.02 Å². The van der Waals surface area contributed by atoms with Crippen molar-refractivity contribution in [3.05, 3.63) is 21.3 Å². The molecule has 0 bridgehead atoms. The first-order valence-corrected chi connectivity index (χ1v) is 4.49. The number of carbonyl (C=O) groups is 1. The lowest BCUT2D eigenvalue weighted by Crippen LogP contribution is -2.21. The van der Waals surface area contributed by atoms with Gasteiger partial charge >= 0.3 is 5.97 Å². The molecule has 0 radical (unpaired) electrons. The fraction of sp³-hybridized carbons (Fsp3) is 0.286. The fourth-order valence-electron chi connectivity index (χ4n) is 0.739. The molecular weight excluding hydrogens is 200 g/mol.